The molecule has 0 aromatic heterocycles. The fraction of sp³-hybridized carbons (Fsp3) is 0.188. The quantitative estimate of drug-likeness (QED) is 0.832. The molecule has 2 N–H and O–H groups in total. The van der Waals surface area contributed by atoms with Crippen molar-refractivity contribution in [3.05, 3.63) is 57.6 Å². The molecule has 0 unspecified atom stereocenters. The molecule has 0 aliphatic rings. The van der Waals surface area contributed by atoms with Gasteiger partial charge in [-0.1, -0.05) is 6.07 Å². The van der Waals surface area contributed by atoms with Gasteiger partial charge in [0, 0.05) is 10.2 Å². The molecule has 23 heavy (non-hydrogen) atoms. The molecule has 0 fully saturated rings. The second-order valence-corrected chi connectivity index (χ2v) is 7.84. The Morgan fingerprint density at radius 3 is 2.35 bits per heavy atom. The third-order valence-electron chi connectivity index (χ3n) is 3.53. The largest absolute Gasteiger partial charge is 0.322 e. The van der Waals surface area contributed by atoms with E-state index in [0.717, 1.165) is 11.1 Å². The molecule has 0 spiro atoms. The lowest BCUT2D eigenvalue weighted by atomic mass is 10.1. The maximum Gasteiger partial charge on any atom is 0.256 e. The van der Waals surface area contributed by atoms with Gasteiger partial charge in [0.05, 0.1) is 10.5 Å². The molecule has 0 saturated heterocycles. The summed E-state index contributed by atoms with van der Waals surface area (Å²) in [5.74, 6) is -0.381. The van der Waals surface area contributed by atoms with E-state index in [4.69, 9.17) is 0 Å². The summed E-state index contributed by atoms with van der Waals surface area (Å²) in [6.07, 6.45) is 0. The molecule has 5 nitrogen and oxygen atoms in total. The van der Waals surface area contributed by atoms with Crippen LogP contribution in [0.5, 0.6) is 0 Å². The maximum absolute atomic E-state index is 12.4. The predicted octanol–water partition coefficient (Wildman–Crippen LogP) is 3.23. The summed E-state index contributed by atoms with van der Waals surface area (Å²) in [5, 5.41) is 2.78. The molecule has 0 bridgehead atoms. The number of carbonyl (C=O) groups excluding carboxylic acids is 1. The zero-order valence-corrected chi connectivity index (χ0v) is 15.4. The van der Waals surface area contributed by atoms with Gasteiger partial charge >= 0.3 is 0 Å². The first-order valence-corrected chi connectivity index (χ1v) is 9.14. The molecular weight excluding hydrogens is 380 g/mol. The van der Waals surface area contributed by atoms with E-state index in [-0.39, 0.29) is 16.4 Å². The fourth-order valence-corrected chi connectivity index (χ4v) is 3.16. The Bertz CT molecular complexity index is 864. The van der Waals surface area contributed by atoms with Crippen LogP contribution in [0.15, 0.2) is 45.8 Å². The number of sulfonamides is 1. The molecule has 0 aliphatic carbocycles. The first kappa shape index (κ1) is 17.7. The summed E-state index contributed by atoms with van der Waals surface area (Å²) in [6.45, 7) is 3.95. The Morgan fingerprint density at radius 1 is 1.04 bits per heavy atom. The zero-order chi connectivity index (χ0) is 17.2. The first-order chi connectivity index (χ1) is 10.7. The van der Waals surface area contributed by atoms with Crippen LogP contribution in [0.1, 0.15) is 21.5 Å². The van der Waals surface area contributed by atoms with Gasteiger partial charge in [0.2, 0.25) is 10.0 Å². The van der Waals surface area contributed by atoms with Crippen molar-refractivity contribution in [2.45, 2.75) is 18.7 Å². The number of carbonyl (C=O) groups is 1. The summed E-state index contributed by atoms with van der Waals surface area (Å²) in [5.41, 5.74) is 3.10. The molecule has 0 heterocycles. The van der Waals surface area contributed by atoms with Crippen molar-refractivity contribution in [2.75, 3.05) is 12.4 Å². The van der Waals surface area contributed by atoms with Crippen LogP contribution in [-0.2, 0) is 10.0 Å². The molecule has 7 heteroatoms. The van der Waals surface area contributed by atoms with Crippen LogP contribution in [0.3, 0.4) is 0 Å². The van der Waals surface area contributed by atoms with Gasteiger partial charge in [-0.2, -0.15) is 0 Å². The van der Waals surface area contributed by atoms with Crippen molar-refractivity contribution in [3.63, 3.8) is 0 Å². The first-order valence-electron chi connectivity index (χ1n) is 6.86. The van der Waals surface area contributed by atoms with E-state index in [9.17, 15) is 13.2 Å². The highest BCUT2D eigenvalue weighted by atomic mass is 79.9. The van der Waals surface area contributed by atoms with Crippen LogP contribution in [0, 0.1) is 13.8 Å². The van der Waals surface area contributed by atoms with E-state index in [1.807, 2.05) is 32.0 Å². The standard InChI is InChI=1S/C16H17BrN2O3S/c1-10-4-5-12(8-11(10)2)19-16(20)14-9-13(6-7-15(14)17)23(21,22)18-3/h4-9,18H,1-3H3,(H,19,20). The smallest absolute Gasteiger partial charge is 0.256 e. The van der Waals surface area contributed by atoms with Crippen molar-refractivity contribution in [1.29, 1.82) is 0 Å². The minimum absolute atomic E-state index is 0.0356. The van der Waals surface area contributed by atoms with Gasteiger partial charge in [0.25, 0.3) is 5.91 Å². The Morgan fingerprint density at radius 2 is 1.74 bits per heavy atom. The normalized spacial score (nSPS) is 11.3. The molecule has 2 aromatic rings. The number of hydrogen-bond donors (Lipinski definition) is 2. The SMILES string of the molecule is CNS(=O)(=O)c1ccc(Br)c(C(=O)Nc2ccc(C)c(C)c2)c1. The summed E-state index contributed by atoms with van der Waals surface area (Å²) in [4.78, 5) is 12.5. The Hall–Kier alpha value is -1.70. The van der Waals surface area contributed by atoms with E-state index < -0.39 is 10.0 Å². The minimum Gasteiger partial charge on any atom is -0.322 e. The summed E-state index contributed by atoms with van der Waals surface area (Å²) in [6, 6.07) is 9.91. The molecule has 0 atom stereocenters. The lowest BCUT2D eigenvalue weighted by Gasteiger charge is -2.10. The molecule has 2 rings (SSSR count). The topological polar surface area (TPSA) is 75.3 Å². The molecule has 0 saturated carbocycles. The lowest BCUT2D eigenvalue weighted by molar-refractivity contribution is 0.102. The maximum atomic E-state index is 12.4. The van der Waals surface area contributed by atoms with Gasteiger partial charge in [0.15, 0.2) is 0 Å². The minimum atomic E-state index is -3.61. The van der Waals surface area contributed by atoms with Crippen LogP contribution >= 0.6 is 15.9 Å². The van der Waals surface area contributed by atoms with Crippen molar-refractivity contribution in [1.82, 2.24) is 4.72 Å². The van der Waals surface area contributed by atoms with Gasteiger partial charge < -0.3 is 5.32 Å². The third kappa shape index (κ3) is 3.99. The Labute approximate surface area is 144 Å². The van der Waals surface area contributed by atoms with Gasteiger partial charge in [-0.3, -0.25) is 4.79 Å². The van der Waals surface area contributed by atoms with E-state index in [0.29, 0.717) is 10.2 Å². The van der Waals surface area contributed by atoms with Gasteiger partial charge in [-0.15, -0.1) is 0 Å². The second kappa shape index (κ2) is 6.82. The number of amides is 1. The molecule has 122 valence electrons. The molecule has 1 amide bonds. The van der Waals surface area contributed by atoms with E-state index in [1.54, 1.807) is 6.07 Å². The van der Waals surface area contributed by atoms with E-state index in [1.165, 1.54) is 19.2 Å². The average molecular weight is 397 g/mol. The van der Waals surface area contributed by atoms with Crippen LogP contribution < -0.4 is 10.0 Å². The third-order valence-corrected chi connectivity index (χ3v) is 5.63. The van der Waals surface area contributed by atoms with Crippen molar-refractivity contribution >= 4 is 37.5 Å². The van der Waals surface area contributed by atoms with Crippen molar-refractivity contribution < 1.29 is 13.2 Å². The molecule has 0 radical (unpaired) electrons. The van der Waals surface area contributed by atoms with E-state index in [2.05, 4.69) is 26.0 Å². The number of aryl methyl sites for hydroxylation is 2. The lowest BCUT2D eigenvalue weighted by Crippen LogP contribution is -2.20. The summed E-state index contributed by atoms with van der Waals surface area (Å²) in [7, 11) is -2.28. The molecule has 0 aliphatic heterocycles. The Kier molecular flexibility index (Phi) is 5.23. The summed E-state index contributed by atoms with van der Waals surface area (Å²) < 4.78 is 26.5. The Balaban J connectivity index is 2.35. The monoisotopic (exact) mass is 396 g/mol. The highest BCUT2D eigenvalue weighted by Crippen LogP contribution is 2.23. The highest BCUT2D eigenvalue weighted by molar-refractivity contribution is 9.10. The number of nitrogens with one attached hydrogen (secondary N) is 2. The zero-order valence-electron chi connectivity index (χ0n) is 13.0. The number of rotatable bonds is 4. The summed E-state index contributed by atoms with van der Waals surface area (Å²) >= 11 is 3.28. The second-order valence-electron chi connectivity index (χ2n) is 5.10. The van der Waals surface area contributed by atoms with Crippen LogP contribution in [-0.4, -0.2) is 21.4 Å². The van der Waals surface area contributed by atoms with Crippen molar-refractivity contribution in [2.24, 2.45) is 0 Å². The van der Waals surface area contributed by atoms with Gasteiger partial charge in [0.1, 0.15) is 0 Å². The van der Waals surface area contributed by atoms with E-state index >= 15 is 0 Å². The van der Waals surface area contributed by atoms with Crippen molar-refractivity contribution in [3.8, 4) is 0 Å². The number of anilines is 1. The fourth-order valence-electron chi connectivity index (χ4n) is 1.98. The number of benzene rings is 2. The number of hydrogen-bond acceptors (Lipinski definition) is 3. The molecule has 2 aromatic carbocycles. The van der Waals surface area contributed by atoms with Gasteiger partial charge in [-0.05, 0) is 78.3 Å². The number of halogens is 1. The average Bonchev–Trinajstić information content (AvgIpc) is 2.51. The van der Waals surface area contributed by atoms with Crippen LogP contribution in [0.2, 0.25) is 0 Å². The van der Waals surface area contributed by atoms with Crippen LogP contribution in [0.25, 0.3) is 0 Å². The van der Waals surface area contributed by atoms with Crippen LogP contribution in [0.4, 0.5) is 5.69 Å². The van der Waals surface area contributed by atoms with Gasteiger partial charge in [-0.25, -0.2) is 13.1 Å². The highest BCUT2D eigenvalue weighted by Gasteiger charge is 2.17. The predicted molar refractivity (Wildman–Crippen MR) is 94.3 cm³/mol. The molecular formula is C16H17BrN2O3S.